The number of benzene rings is 1. The first-order chi connectivity index (χ1) is 10.2. The Hall–Kier alpha value is -1.84. The fraction of sp³-hybridized carbons (Fsp3) is 0.308. The molecule has 2 rings (SSSR count). The number of thiazole rings is 1. The minimum absolute atomic E-state index is 0.0419. The highest BCUT2D eigenvalue weighted by Crippen LogP contribution is 2.25. The quantitative estimate of drug-likeness (QED) is 0.615. The number of rotatable bonds is 5. The van der Waals surface area contributed by atoms with Gasteiger partial charge in [-0.15, -0.1) is 11.3 Å². The maximum absolute atomic E-state index is 12.5. The summed E-state index contributed by atoms with van der Waals surface area (Å²) in [6.45, 7) is 3.56. The SMILES string of the molecule is Cc1cc(S(=O)(=O)N(C)Cc2scnc2C)ccc1[N+](=O)[O-]. The average molecular weight is 341 g/mol. The fourth-order valence-corrected chi connectivity index (χ4v) is 4.07. The molecule has 0 aliphatic heterocycles. The molecule has 0 aliphatic rings. The number of aromatic nitrogens is 1. The van der Waals surface area contributed by atoms with Crippen LogP contribution in [0.25, 0.3) is 0 Å². The van der Waals surface area contributed by atoms with Crippen molar-refractivity contribution in [2.45, 2.75) is 25.3 Å². The van der Waals surface area contributed by atoms with Gasteiger partial charge in [0.25, 0.3) is 5.69 Å². The molecule has 0 N–H and O–H groups in total. The average Bonchev–Trinajstić information content (AvgIpc) is 2.83. The van der Waals surface area contributed by atoms with Gasteiger partial charge in [0.2, 0.25) is 10.0 Å². The lowest BCUT2D eigenvalue weighted by Gasteiger charge is -2.17. The molecule has 1 heterocycles. The van der Waals surface area contributed by atoms with E-state index in [1.165, 1.54) is 47.8 Å². The van der Waals surface area contributed by atoms with Crippen LogP contribution in [0.3, 0.4) is 0 Å². The van der Waals surface area contributed by atoms with Gasteiger partial charge in [0, 0.05) is 30.1 Å². The lowest BCUT2D eigenvalue weighted by atomic mass is 10.2. The normalized spacial score (nSPS) is 11.8. The summed E-state index contributed by atoms with van der Waals surface area (Å²) < 4.78 is 26.3. The topological polar surface area (TPSA) is 93.4 Å². The number of nitrogens with zero attached hydrogens (tertiary/aromatic N) is 3. The molecule has 7 nitrogen and oxygen atoms in total. The molecule has 0 unspecified atom stereocenters. The van der Waals surface area contributed by atoms with Crippen LogP contribution in [0.4, 0.5) is 5.69 Å². The predicted octanol–water partition coefficient (Wildman–Crippen LogP) is 2.49. The molecule has 0 radical (unpaired) electrons. The first-order valence-electron chi connectivity index (χ1n) is 6.34. The van der Waals surface area contributed by atoms with Gasteiger partial charge in [0.15, 0.2) is 0 Å². The summed E-state index contributed by atoms with van der Waals surface area (Å²) in [6.07, 6.45) is 0. The van der Waals surface area contributed by atoms with Crippen molar-refractivity contribution >= 4 is 27.0 Å². The summed E-state index contributed by atoms with van der Waals surface area (Å²) in [7, 11) is -2.23. The monoisotopic (exact) mass is 341 g/mol. The van der Waals surface area contributed by atoms with Crippen LogP contribution in [0.2, 0.25) is 0 Å². The second-order valence-electron chi connectivity index (χ2n) is 4.83. The molecule has 22 heavy (non-hydrogen) atoms. The highest BCUT2D eigenvalue weighted by atomic mass is 32.2. The molecule has 1 aromatic carbocycles. The summed E-state index contributed by atoms with van der Waals surface area (Å²) in [6, 6.07) is 3.80. The van der Waals surface area contributed by atoms with E-state index in [0.717, 1.165) is 10.6 Å². The molecule has 0 fully saturated rings. The van der Waals surface area contributed by atoms with Crippen molar-refractivity contribution in [3.63, 3.8) is 0 Å². The Labute approximate surface area is 132 Å². The van der Waals surface area contributed by atoms with Crippen LogP contribution in [0.5, 0.6) is 0 Å². The minimum atomic E-state index is -3.71. The van der Waals surface area contributed by atoms with E-state index in [2.05, 4.69) is 4.98 Å². The van der Waals surface area contributed by atoms with E-state index in [1.54, 1.807) is 5.51 Å². The summed E-state index contributed by atoms with van der Waals surface area (Å²) in [4.78, 5) is 15.3. The van der Waals surface area contributed by atoms with Crippen molar-refractivity contribution in [1.29, 1.82) is 0 Å². The van der Waals surface area contributed by atoms with E-state index in [1.807, 2.05) is 6.92 Å². The highest BCUT2D eigenvalue weighted by molar-refractivity contribution is 7.89. The molecule has 1 aromatic heterocycles. The molecular formula is C13H15N3O4S2. The van der Waals surface area contributed by atoms with Crippen molar-refractivity contribution in [3.05, 3.63) is 50.0 Å². The smallest absolute Gasteiger partial charge is 0.258 e. The van der Waals surface area contributed by atoms with E-state index in [4.69, 9.17) is 0 Å². The Bertz CT molecular complexity index is 814. The molecule has 0 spiro atoms. The Morgan fingerprint density at radius 3 is 2.55 bits per heavy atom. The molecular weight excluding hydrogens is 326 g/mol. The number of nitro groups is 1. The largest absolute Gasteiger partial charge is 0.272 e. The van der Waals surface area contributed by atoms with Crippen molar-refractivity contribution in [1.82, 2.24) is 9.29 Å². The Morgan fingerprint density at radius 1 is 1.36 bits per heavy atom. The number of hydrogen-bond donors (Lipinski definition) is 0. The standard InChI is InChI=1S/C13H15N3O4S2/c1-9-6-11(4-5-12(9)16(17)18)22(19,20)15(3)7-13-10(2)14-8-21-13/h4-6,8H,7H2,1-3H3. The molecule has 0 bridgehead atoms. The van der Waals surface area contributed by atoms with Crippen LogP contribution in [-0.2, 0) is 16.6 Å². The van der Waals surface area contributed by atoms with Crippen LogP contribution in [0.15, 0.2) is 28.6 Å². The van der Waals surface area contributed by atoms with Crippen LogP contribution >= 0.6 is 11.3 Å². The van der Waals surface area contributed by atoms with Gasteiger partial charge >= 0.3 is 0 Å². The van der Waals surface area contributed by atoms with Gasteiger partial charge in [-0.05, 0) is 26.0 Å². The van der Waals surface area contributed by atoms with E-state index in [-0.39, 0.29) is 17.1 Å². The molecule has 0 atom stereocenters. The van der Waals surface area contributed by atoms with Gasteiger partial charge in [-0.1, -0.05) is 0 Å². The van der Waals surface area contributed by atoms with E-state index in [9.17, 15) is 18.5 Å². The maximum Gasteiger partial charge on any atom is 0.272 e. The highest BCUT2D eigenvalue weighted by Gasteiger charge is 2.24. The molecule has 0 saturated carbocycles. The minimum Gasteiger partial charge on any atom is -0.258 e. The molecule has 0 saturated heterocycles. The maximum atomic E-state index is 12.5. The third-order valence-corrected chi connectivity index (χ3v) is 6.00. The van der Waals surface area contributed by atoms with E-state index in [0.29, 0.717) is 5.56 Å². The van der Waals surface area contributed by atoms with Crippen LogP contribution < -0.4 is 0 Å². The van der Waals surface area contributed by atoms with Gasteiger partial charge in [0.1, 0.15) is 0 Å². The zero-order valence-electron chi connectivity index (χ0n) is 12.3. The van der Waals surface area contributed by atoms with Gasteiger partial charge in [-0.3, -0.25) is 10.1 Å². The van der Waals surface area contributed by atoms with Gasteiger partial charge in [-0.2, -0.15) is 4.31 Å². The number of sulfonamides is 1. The molecule has 118 valence electrons. The van der Waals surface area contributed by atoms with Crippen LogP contribution in [0, 0.1) is 24.0 Å². The fourth-order valence-electron chi connectivity index (χ4n) is 1.94. The predicted molar refractivity (Wildman–Crippen MR) is 83.3 cm³/mol. The molecule has 0 aliphatic carbocycles. The second-order valence-corrected chi connectivity index (χ2v) is 7.81. The third kappa shape index (κ3) is 3.16. The van der Waals surface area contributed by atoms with Crippen molar-refractivity contribution in [2.75, 3.05) is 7.05 Å². The van der Waals surface area contributed by atoms with Crippen LogP contribution in [0.1, 0.15) is 16.1 Å². The molecule has 0 amide bonds. The summed E-state index contributed by atoms with van der Waals surface area (Å²) >= 11 is 1.39. The number of aryl methyl sites for hydroxylation is 2. The van der Waals surface area contributed by atoms with Crippen molar-refractivity contribution in [2.24, 2.45) is 0 Å². The lowest BCUT2D eigenvalue weighted by Crippen LogP contribution is -2.26. The zero-order chi connectivity index (χ0) is 16.5. The second kappa shape index (κ2) is 6.11. The zero-order valence-corrected chi connectivity index (χ0v) is 13.9. The molecule has 9 heteroatoms. The van der Waals surface area contributed by atoms with E-state index >= 15 is 0 Å². The Kier molecular flexibility index (Phi) is 4.59. The summed E-state index contributed by atoms with van der Waals surface area (Å²) in [5.41, 5.74) is 2.68. The van der Waals surface area contributed by atoms with Gasteiger partial charge in [0.05, 0.1) is 21.0 Å². The summed E-state index contributed by atoms with van der Waals surface area (Å²) in [5.74, 6) is 0. The molecule has 2 aromatic rings. The summed E-state index contributed by atoms with van der Waals surface area (Å²) in [5, 5.41) is 10.8. The van der Waals surface area contributed by atoms with Gasteiger partial charge in [-0.25, -0.2) is 13.4 Å². The van der Waals surface area contributed by atoms with E-state index < -0.39 is 14.9 Å². The lowest BCUT2D eigenvalue weighted by molar-refractivity contribution is -0.385. The first-order valence-corrected chi connectivity index (χ1v) is 8.66. The number of hydrogen-bond acceptors (Lipinski definition) is 6. The number of nitro benzene ring substituents is 1. The Balaban J connectivity index is 2.32. The first kappa shape index (κ1) is 16.5. The van der Waals surface area contributed by atoms with Crippen LogP contribution in [-0.4, -0.2) is 29.7 Å². The third-order valence-electron chi connectivity index (χ3n) is 3.28. The Morgan fingerprint density at radius 2 is 2.05 bits per heavy atom. The van der Waals surface area contributed by atoms with Crippen molar-refractivity contribution in [3.8, 4) is 0 Å². The van der Waals surface area contributed by atoms with Gasteiger partial charge < -0.3 is 0 Å². The van der Waals surface area contributed by atoms with Crippen molar-refractivity contribution < 1.29 is 13.3 Å².